The first kappa shape index (κ1) is 18.8. The first-order valence-corrected chi connectivity index (χ1v) is 10.8. The maximum atomic E-state index is 12.2. The summed E-state index contributed by atoms with van der Waals surface area (Å²) in [4.78, 5) is 13.5. The van der Waals surface area contributed by atoms with Crippen LogP contribution in [-0.4, -0.2) is 45.7 Å². The SMILES string of the molecule is O=C(CSc1nncn1CCc1cccs1)NCC1COc2ccccc2O1. The van der Waals surface area contributed by atoms with E-state index in [1.54, 1.807) is 17.7 Å². The number of para-hydroxylation sites is 2. The van der Waals surface area contributed by atoms with Crippen molar-refractivity contribution in [3.8, 4) is 11.5 Å². The van der Waals surface area contributed by atoms with E-state index >= 15 is 0 Å². The summed E-state index contributed by atoms with van der Waals surface area (Å²) < 4.78 is 13.5. The van der Waals surface area contributed by atoms with Gasteiger partial charge in [-0.15, -0.1) is 21.5 Å². The standard InChI is InChI=1S/C19H20N4O3S2/c24-18(20-10-14-11-25-16-5-1-2-6-17(16)26-14)12-28-19-22-21-13-23(19)8-7-15-4-3-9-27-15/h1-6,9,13-14H,7-8,10-12H2,(H,20,24). The number of amides is 1. The molecule has 0 spiro atoms. The minimum Gasteiger partial charge on any atom is -0.486 e. The van der Waals surface area contributed by atoms with Crippen LogP contribution in [0.2, 0.25) is 0 Å². The van der Waals surface area contributed by atoms with Gasteiger partial charge in [-0.2, -0.15) is 0 Å². The third-order valence-corrected chi connectivity index (χ3v) is 6.10. The van der Waals surface area contributed by atoms with Crippen LogP contribution in [0.5, 0.6) is 11.5 Å². The Labute approximate surface area is 171 Å². The number of aryl methyl sites for hydroxylation is 2. The van der Waals surface area contributed by atoms with Gasteiger partial charge in [0.25, 0.3) is 0 Å². The number of nitrogens with zero attached hydrogens (tertiary/aromatic N) is 3. The van der Waals surface area contributed by atoms with Gasteiger partial charge >= 0.3 is 0 Å². The van der Waals surface area contributed by atoms with E-state index in [1.165, 1.54) is 16.6 Å². The zero-order valence-electron chi connectivity index (χ0n) is 15.1. The van der Waals surface area contributed by atoms with Crippen molar-refractivity contribution < 1.29 is 14.3 Å². The van der Waals surface area contributed by atoms with Gasteiger partial charge < -0.3 is 19.4 Å². The number of rotatable bonds is 8. The second kappa shape index (κ2) is 9.11. The fourth-order valence-electron chi connectivity index (χ4n) is 2.77. The molecule has 1 atom stereocenters. The van der Waals surface area contributed by atoms with Gasteiger partial charge in [0.1, 0.15) is 19.0 Å². The van der Waals surface area contributed by atoms with Crippen LogP contribution in [-0.2, 0) is 17.8 Å². The molecular weight excluding hydrogens is 396 g/mol. The maximum Gasteiger partial charge on any atom is 0.230 e. The highest BCUT2D eigenvalue weighted by Crippen LogP contribution is 2.30. The third kappa shape index (κ3) is 4.85. The Morgan fingerprint density at radius 1 is 1.29 bits per heavy atom. The topological polar surface area (TPSA) is 78.3 Å². The van der Waals surface area contributed by atoms with Crippen molar-refractivity contribution in [2.45, 2.75) is 24.2 Å². The van der Waals surface area contributed by atoms with E-state index in [-0.39, 0.29) is 17.8 Å². The highest BCUT2D eigenvalue weighted by molar-refractivity contribution is 7.99. The average molecular weight is 417 g/mol. The van der Waals surface area contributed by atoms with Crippen LogP contribution in [0.1, 0.15) is 4.88 Å². The zero-order valence-corrected chi connectivity index (χ0v) is 16.7. The number of hydrogen-bond acceptors (Lipinski definition) is 7. The van der Waals surface area contributed by atoms with Crippen molar-refractivity contribution in [1.82, 2.24) is 20.1 Å². The number of nitrogens with one attached hydrogen (secondary N) is 1. The van der Waals surface area contributed by atoms with Gasteiger partial charge in [0.15, 0.2) is 16.7 Å². The maximum absolute atomic E-state index is 12.2. The minimum atomic E-state index is -0.196. The van der Waals surface area contributed by atoms with E-state index in [0.717, 1.165) is 23.9 Å². The lowest BCUT2D eigenvalue weighted by atomic mass is 10.2. The minimum absolute atomic E-state index is 0.0692. The molecule has 9 heteroatoms. The summed E-state index contributed by atoms with van der Waals surface area (Å²) in [5, 5.41) is 13.8. The van der Waals surface area contributed by atoms with Crippen LogP contribution in [0.3, 0.4) is 0 Å². The van der Waals surface area contributed by atoms with Crippen molar-refractivity contribution in [3.05, 3.63) is 53.0 Å². The van der Waals surface area contributed by atoms with E-state index in [9.17, 15) is 4.79 Å². The summed E-state index contributed by atoms with van der Waals surface area (Å²) >= 11 is 3.12. The van der Waals surface area contributed by atoms with Gasteiger partial charge in [-0.1, -0.05) is 30.0 Å². The molecule has 1 aliphatic rings. The number of carbonyl (C=O) groups excluding carboxylic acids is 1. The van der Waals surface area contributed by atoms with Crippen molar-refractivity contribution >= 4 is 29.0 Å². The fourth-order valence-corrected chi connectivity index (χ4v) is 4.24. The molecule has 28 heavy (non-hydrogen) atoms. The summed E-state index contributed by atoms with van der Waals surface area (Å²) in [6.07, 6.45) is 2.44. The molecule has 1 aliphatic heterocycles. The molecule has 146 valence electrons. The third-order valence-electron chi connectivity index (χ3n) is 4.19. The Kier molecular flexibility index (Phi) is 6.13. The lowest BCUT2D eigenvalue weighted by molar-refractivity contribution is -0.119. The predicted octanol–water partition coefficient (Wildman–Crippen LogP) is 2.63. The number of aromatic nitrogens is 3. The monoisotopic (exact) mass is 416 g/mol. The highest BCUT2D eigenvalue weighted by Gasteiger charge is 2.21. The molecule has 0 fully saturated rings. The van der Waals surface area contributed by atoms with Crippen LogP contribution in [0.15, 0.2) is 53.3 Å². The molecule has 3 heterocycles. The number of thioether (sulfide) groups is 1. The molecule has 1 amide bonds. The van der Waals surface area contributed by atoms with Crippen LogP contribution in [0.25, 0.3) is 0 Å². The van der Waals surface area contributed by atoms with Crippen molar-refractivity contribution in [1.29, 1.82) is 0 Å². The molecular formula is C19H20N4O3S2. The van der Waals surface area contributed by atoms with Gasteiger partial charge in [0, 0.05) is 11.4 Å². The molecule has 1 N–H and O–H groups in total. The smallest absolute Gasteiger partial charge is 0.230 e. The van der Waals surface area contributed by atoms with Gasteiger partial charge in [0.2, 0.25) is 5.91 Å². The van der Waals surface area contributed by atoms with Crippen LogP contribution < -0.4 is 14.8 Å². The number of thiophene rings is 1. The summed E-state index contributed by atoms with van der Waals surface area (Å²) in [6, 6.07) is 11.7. The van der Waals surface area contributed by atoms with E-state index in [4.69, 9.17) is 9.47 Å². The number of hydrogen-bond donors (Lipinski definition) is 1. The van der Waals surface area contributed by atoms with Gasteiger partial charge in [-0.3, -0.25) is 4.79 Å². The van der Waals surface area contributed by atoms with Crippen LogP contribution in [0, 0.1) is 0 Å². The van der Waals surface area contributed by atoms with Crippen molar-refractivity contribution in [2.24, 2.45) is 0 Å². The van der Waals surface area contributed by atoms with Gasteiger partial charge in [-0.05, 0) is 30.0 Å². The summed E-state index contributed by atoms with van der Waals surface area (Å²) in [7, 11) is 0. The fraction of sp³-hybridized carbons (Fsp3) is 0.316. The first-order valence-electron chi connectivity index (χ1n) is 8.96. The Bertz CT molecular complexity index is 914. The second-order valence-corrected chi connectivity index (χ2v) is 8.20. The first-order chi connectivity index (χ1) is 13.8. The van der Waals surface area contributed by atoms with E-state index < -0.39 is 0 Å². The summed E-state index contributed by atoms with van der Waals surface area (Å²) in [6.45, 7) is 1.62. The highest BCUT2D eigenvalue weighted by atomic mass is 32.2. The number of ether oxygens (including phenoxy) is 2. The van der Waals surface area contributed by atoms with E-state index in [2.05, 4.69) is 27.0 Å². The Morgan fingerprint density at radius 2 is 2.18 bits per heavy atom. The summed E-state index contributed by atoms with van der Waals surface area (Å²) in [5.74, 6) is 1.66. The largest absolute Gasteiger partial charge is 0.486 e. The number of carbonyl (C=O) groups is 1. The molecule has 2 aromatic heterocycles. The molecule has 3 aromatic rings. The molecule has 4 rings (SSSR count). The number of fused-ring (bicyclic) bond motifs is 1. The van der Waals surface area contributed by atoms with Crippen LogP contribution in [0.4, 0.5) is 0 Å². The quantitative estimate of drug-likeness (QED) is 0.569. The molecule has 1 unspecified atom stereocenters. The van der Waals surface area contributed by atoms with Crippen molar-refractivity contribution in [2.75, 3.05) is 18.9 Å². The second-order valence-electron chi connectivity index (χ2n) is 6.23. The molecule has 0 saturated carbocycles. The lowest BCUT2D eigenvalue weighted by Gasteiger charge is -2.26. The average Bonchev–Trinajstić information content (AvgIpc) is 3.40. The Morgan fingerprint density at radius 3 is 3.04 bits per heavy atom. The molecule has 0 bridgehead atoms. The molecule has 7 nitrogen and oxygen atoms in total. The molecule has 0 radical (unpaired) electrons. The van der Waals surface area contributed by atoms with Gasteiger partial charge in [-0.25, -0.2) is 0 Å². The van der Waals surface area contributed by atoms with Crippen molar-refractivity contribution in [3.63, 3.8) is 0 Å². The normalized spacial score (nSPS) is 15.4. The van der Waals surface area contributed by atoms with E-state index in [0.29, 0.717) is 18.9 Å². The van der Waals surface area contributed by atoms with Crippen LogP contribution >= 0.6 is 23.1 Å². The van der Waals surface area contributed by atoms with E-state index in [1.807, 2.05) is 34.9 Å². The molecule has 0 saturated heterocycles. The number of benzene rings is 1. The zero-order chi connectivity index (χ0) is 19.2. The molecule has 1 aromatic carbocycles. The summed E-state index contributed by atoms with van der Waals surface area (Å²) in [5.41, 5.74) is 0. The predicted molar refractivity (Wildman–Crippen MR) is 108 cm³/mol. The lowest BCUT2D eigenvalue weighted by Crippen LogP contribution is -2.41. The van der Waals surface area contributed by atoms with Gasteiger partial charge in [0.05, 0.1) is 12.3 Å². The molecule has 0 aliphatic carbocycles. The Hall–Kier alpha value is -2.52. The Balaban J connectivity index is 1.21.